The second-order valence-corrected chi connectivity index (χ2v) is 5.81. The summed E-state index contributed by atoms with van der Waals surface area (Å²) < 4.78 is 0. The van der Waals surface area contributed by atoms with Gasteiger partial charge in [0.25, 0.3) is 0 Å². The highest BCUT2D eigenvalue weighted by atomic mass is 35.5. The Bertz CT molecular complexity index is 795. The number of hydrogen-bond donors (Lipinski definition) is 3. The highest BCUT2D eigenvalue weighted by Crippen LogP contribution is 2.22. The molecule has 0 aliphatic heterocycles. The molecular formula is C16H15ClN4S. The van der Waals surface area contributed by atoms with E-state index >= 15 is 0 Å². The Balaban J connectivity index is 1.62. The molecule has 112 valence electrons. The molecule has 0 saturated carbocycles. The second kappa shape index (κ2) is 6.34. The summed E-state index contributed by atoms with van der Waals surface area (Å²) in [5, 5.41) is 7.36. The molecule has 4 nitrogen and oxygen atoms in total. The molecule has 1 heterocycles. The van der Waals surface area contributed by atoms with Crippen molar-refractivity contribution in [2.24, 2.45) is 0 Å². The maximum absolute atomic E-state index is 6.18. The lowest BCUT2D eigenvalue weighted by Gasteiger charge is -2.11. The lowest BCUT2D eigenvalue weighted by atomic mass is 10.2. The lowest BCUT2D eigenvalue weighted by molar-refractivity contribution is 0.859. The van der Waals surface area contributed by atoms with Crippen molar-refractivity contribution in [3.8, 4) is 0 Å². The summed E-state index contributed by atoms with van der Waals surface area (Å²) in [4.78, 5) is 7.74. The van der Waals surface area contributed by atoms with Gasteiger partial charge in [0.05, 0.1) is 28.3 Å². The molecule has 0 fully saturated rings. The van der Waals surface area contributed by atoms with Crippen molar-refractivity contribution in [1.82, 2.24) is 15.3 Å². The van der Waals surface area contributed by atoms with Crippen LogP contribution in [0.25, 0.3) is 11.0 Å². The number of thiocarbonyl (C=S) groups is 1. The van der Waals surface area contributed by atoms with E-state index in [4.69, 9.17) is 23.8 Å². The fraction of sp³-hybridized carbons (Fsp3) is 0.125. The third-order valence-corrected chi connectivity index (χ3v) is 3.79. The van der Waals surface area contributed by atoms with Gasteiger partial charge in [-0.25, -0.2) is 4.98 Å². The van der Waals surface area contributed by atoms with Crippen LogP contribution < -0.4 is 10.6 Å². The quantitative estimate of drug-likeness (QED) is 0.635. The van der Waals surface area contributed by atoms with Crippen molar-refractivity contribution < 1.29 is 0 Å². The molecule has 0 spiro atoms. The summed E-state index contributed by atoms with van der Waals surface area (Å²) in [5.74, 6) is 0.834. The minimum atomic E-state index is 0.506. The summed E-state index contributed by atoms with van der Waals surface area (Å²) >= 11 is 11.5. The molecule has 6 heteroatoms. The first kappa shape index (κ1) is 14.8. The molecule has 0 bridgehead atoms. The Labute approximate surface area is 138 Å². The SMILES string of the molecule is Cc1ccc(NC(=S)NCc2nc3ccccc3[nH]2)c(Cl)c1. The number of fused-ring (bicyclic) bond motifs is 1. The first-order chi connectivity index (χ1) is 10.6. The molecule has 0 saturated heterocycles. The number of aromatic nitrogens is 2. The molecule has 0 atom stereocenters. The summed E-state index contributed by atoms with van der Waals surface area (Å²) in [6.07, 6.45) is 0. The van der Waals surface area contributed by atoms with Gasteiger partial charge in [0, 0.05) is 0 Å². The monoisotopic (exact) mass is 330 g/mol. The van der Waals surface area contributed by atoms with Gasteiger partial charge in [-0.1, -0.05) is 29.8 Å². The molecule has 0 radical (unpaired) electrons. The molecule has 0 aliphatic carbocycles. The Kier molecular flexibility index (Phi) is 4.27. The summed E-state index contributed by atoms with van der Waals surface area (Å²) in [5.41, 5.74) is 3.85. The van der Waals surface area contributed by atoms with E-state index in [9.17, 15) is 0 Å². The van der Waals surface area contributed by atoms with E-state index in [2.05, 4.69) is 20.6 Å². The Morgan fingerprint density at radius 3 is 2.86 bits per heavy atom. The maximum Gasteiger partial charge on any atom is 0.171 e. The van der Waals surface area contributed by atoms with Gasteiger partial charge < -0.3 is 15.6 Å². The fourth-order valence-electron chi connectivity index (χ4n) is 2.14. The first-order valence-corrected chi connectivity index (χ1v) is 7.65. The number of imidazole rings is 1. The zero-order chi connectivity index (χ0) is 15.5. The van der Waals surface area contributed by atoms with Crippen LogP contribution in [0.4, 0.5) is 5.69 Å². The standard InChI is InChI=1S/C16H15ClN4S/c1-10-6-7-12(11(17)8-10)21-16(22)18-9-15-19-13-4-2-3-5-14(13)20-15/h2-8H,9H2,1H3,(H,19,20)(H2,18,21,22). The predicted molar refractivity (Wildman–Crippen MR) is 95.3 cm³/mol. The minimum absolute atomic E-state index is 0.506. The number of nitrogens with zero attached hydrogens (tertiary/aromatic N) is 1. The van der Waals surface area contributed by atoms with Gasteiger partial charge in [-0.3, -0.25) is 0 Å². The largest absolute Gasteiger partial charge is 0.355 e. The normalized spacial score (nSPS) is 10.6. The minimum Gasteiger partial charge on any atom is -0.355 e. The van der Waals surface area contributed by atoms with E-state index < -0.39 is 0 Å². The van der Waals surface area contributed by atoms with E-state index in [1.165, 1.54) is 0 Å². The molecule has 0 aliphatic rings. The van der Waals surface area contributed by atoms with Gasteiger partial charge in [0.2, 0.25) is 0 Å². The number of hydrogen-bond acceptors (Lipinski definition) is 2. The van der Waals surface area contributed by atoms with Crippen LogP contribution in [0.15, 0.2) is 42.5 Å². The first-order valence-electron chi connectivity index (χ1n) is 6.86. The average Bonchev–Trinajstić information content (AvgIpc) is 2.91. The Hall–Kier alpha value is -2.11. The van der Waals surface area contributed by atoms with Gasteiger partial charge in [-0.2, -0.15) is 0 Å². The highest BCUT2D eigenvalue weighted by molar-refractivity contribution is 7.80. The molecule has 0 unspecified atom stereocenters. The number of halogens is 1. The van der Waals surface area contributed by atoms with E-state index in [1.54, 1.807) is 0 Å². The van der Waals surface area contributed by atoms with E-state index in [0.717, 1.165) is 28.1 Å². The molecule has 2 aromatic carbocycles. The van der Waals surface area contributed by atoms with Crippen LogP contribution in [-0.2, 0) is 6.54 Å². The van der Waals surface area contributed by atoms with Crippen molar-refractivity contribution in [3.05, 3.63) is 58.9 Å². The van der Waals surface area contributed by atoms with Crippen LogP contribution in [-0.4, -0.2) is 15.1 Å². The van der Waals surface area contributed by atoms with E-state index in [-0.39, 0.29) is 0 Å². The zero-order valence-electron chi connectivity index (χ0n) is 12.0. The number of aromatic amines is 1. The number of rotatable bonds is 3. The van der Waals surface area contributed by atoms with Gasteiger partial charge in [0.15, 0.2) is 5.11 Å². The molecule has 3 aromatic rings. The number of benzene rings is 2. The third kappa shape index (κ3) is 3.37. The number of nitrogens with one attached hydrogen (secondary N) is 3. The number of para-hydroxylation sites is 2. The van der Waals surface area contributed by atoms with Gasteiger partial charge in [-0.15, -0.1) is 0 Å². The van der Waals surface area contributed by atoms with E-state index in [1.807, 2.05) is 49.4 Å². The van der Waals surface area contributed by atoms with Crippen LogP contribution in [0.2, 0.25) is 5.02 Å². The predicted octanol–water partition coefficient (Wildman–Crippen LogP) is 4.01. The van der Waals surface area contributed by atoms with Crippen LogP contribution in [0.5, 0.6) is 0 Å². The van der Waals surface area contributed by atoms with Gasteiger partial charge in [-0.05, 0) is 49.0 Å². The number of aryl methyl sites for hydroxylation is 1. The Morgan fingerprint density at radius 1 is 1.27 bits per heavy atom. The number of anilines is 1. The van der Waals surface area contributed by atoms with E-state index in [0.29, 0.717) is 16.7 Å². The van der Waals surface area contributed by atoms with Crippen LogP contribution in [0.3, 0.4) is 0 Å². The molecule has 22 heavy (non-hydrogen) atoms. The van der Waals surface area contributed by atoms with Crippen molar-refractivity contribution in [2.45, 2.75) is 13.5 Å². The fourth-order valence-corrected chi connectivity index (χ4v) is 2.61. The summed E-state index contributed by atoms with van der Waals surface area (Å²) in [6.45, 7) is 2.51. The third-order valence-electron chi connectivity index (χ3n) is 3.23. The van der Waals surface area contributed by atoms with Crippen molar-refractivity contribution >= 4 is 45.7 Å². The molecule has 1 aromatic heterocycles. The van der Waals surface area contributed by atoms with Crippen LogP contribution in [0.1, 0.15) is 11.4 Å². The topological polar surface area (TPSA) is 52.7 Å². The summed E-state index contributed by atoms with van der Waals surface area (Å²) in [6, 6.07) is 13.7. The summed E-state index contributed by atoms with van der Waals surface area (Å²) in [7, 11) is 0. The highest BCUT2D eigenvalue weighted by Gasteiger charge is 2.05. The molecule has 3 N–H and O–H groups in total. The Morgan fingerprint density at radius 2 is 2.09 bits per heavy atom. The number of H-pyrrole nitrogens is 1. The van der Waals surface area contributed by atoms with Gasteiger partial charge >= 0.3 is 0 Å². The van der Waals surface area contributed by atoms with Crippen molar-refractivity contribution in [1.29, 1.82) is 0 Å². The molecule has 3 rings (SSSR count). The lowest BCUT2D eigenvalue weighted by Crippen LogP contribution is -2.28. The average molecular weight is 331 g/mol. The van der Waals surface area contributed by atoms with Crippen LogP contribution >= 0.6 is 23.8 Å². The molecule has 0 amide bonds. The smallest absolute Gasteiger partial charge is 0.171 e. The zero-order valence-corrected chi connectivity index (χ0v) is 13.6. The van der Waals surface area contributed by atoms with Crippen LogP contribution in [0, 0.1) is 6.92 Å². The van der Waals surface area contributed by atoms with Gasteiger partial charge in [0.1, 0.15) is 5.82 Å². The van der Waals surface area contributed by atoms with Crippen molar-refractivity contribution in [2.75, 3.05) is 5.32 Å². The molecular weight excluding hydrogens is 316 g/mol. The second-order valence-electron chi connectivity index (χ2n) is 4.99. The van der Waals surface area contributed by atoms with Crippen molar-refractivity contribution in [3.63, 3.8) is 0 Å². The maximum atomic E-state index is 6.18.